The molecule has 3 nitrogen and oxygen atoms in total. The van der Waals surface area contributed by atoms with Crippen molar-refractivity contribution >= 4 is 0 Å². The Hall–Kier alpha value is -0.120. The Morgan fingerprint density at radius 2 is 2.57 bits per heavy atom. The van der Waals surface area contributed by atoms with Crippen molar-refractivity contribution in [3.8, 4) is 0 Å². The van der Waals surface area contributed by atoms with E-state index in [0.717, 1.165) is 13.0 Å². The van der Waals surface area contributed by atoms with E-state index in [2.05, 4.69) is 10.9 Å². The molecule has 1 atom stereocenters. The lowest BCUT2D eigenvalue weighted by atomic mass is 10.3. The van der Waals surface area contributed by atoms with E-state index in [9.17, 15) is 0 Å². The topological polar surface area (TPSA) is 44.3 Å². The molecule has 3 N–H and O–H groups in total. The van der Waals surface area contributed by atoms with Gasteiger partial charge in [-0.05, 0) is 6.42 Å². The molecule has 0 saturated carbocycles. The quantitative estimate of drug-likeness (QED) is 0.391. The molecule has 0 spiro atoms. The van der Waals surface area contributed by atoms with E-state index in [1.807, 2.05) is 0 Å². The molecule has 0 aromatic carbocycles. The first-order chi connectivity index (χ1) is 3.43. The van der Waals surface area contributed by atoms with Crippen LogP contribution in [0.1, 0.15) is 6.42 Å². The predicted octanol–water partition coefficient (Wildman–Crippen LogP) is -1.15. The summed E-state index contributed by atoms with van der Waals surface area (Å²) in [5, 5.41) is 8.46. The highest BCUT2D eigenvalue weighted by molar-refractivity contribution is 4.69. The highest BCUT2D eigenvalue weighted by Gasteiger charge is 2.10. The molecule has 42 valence electrons. The first-order valence-electron chi connectivity index (χ1n) is 2.52. The van der Waals surface area contributed by atoms with Gasteiger partial charge in [0.1, 0.15) is 0 Å². The lowest BCUT2D eigenvalue weighted by Gasteiger charge is -2.00. The standard InChI is InChI=1S/C4H10N2O/c7-3-4-1-2-5-6-4/h4-7H,1-3H2/t4-/m0/s1. The van der Waals surface area contributed by atoms with Gasteiger partial charge in [-0.1, -0.05) is 0 Å². The minimum absolute atomic E-state index is 0.243. The largest absolute Gasteiger partial charge is 0.395 e. The average Bonchev–Trinajstić information content (AvgIpc) is 2.14. The normalized spacial score (nSPS) is 31.3. The molecule has 1 heterocycles. The summed E-state index contributed by atoms with van der Waals surface area (Å²) in [4.78, 5) is 0. The molecule has 0 unspecified atom stereocenters. The minimum atomic E-state index is 0.243. The fourth-order valence-electron chi connectivity index (χ4n) is 0.672. The maximum absolute atomic E-state index is 8.46. The second-order valence-corrected chi connectivity index (χ2v) is 1.74. The van der Waals surface area contributed by atoms with Crippen LogP contribution in [-0.2, 0) is 0 Å². The first-order valence-corrected chi connectivity index (χ1v) is 2.52. The van der Waals surface area contributed by atoms with Crippen molar-refractivity contribution in [2.45, 2.75) is 12.5 Å². The van der Waals surface area contributed by atoms with Crippen molar-refractivity contribution < 1.29 is 5.11 Å². The van der Waals surface area contributed by atoms with Gasteiger partial charge in [-0.25, -0.2) is 0 Å². The fraction of sp³-hybridized carbons (Fsp3) is 1.00. The van der Waals surface area contributed by atoms with Gasteiger partial charge in [0.05, 0.1) is 6.61 Å². The molecular formula is C4H10N2O. The van der Waals surface area contributed by atoms with E-state index in [-0.39, 0.29) is 6.61 Å². The molecule has 0 bridgehead atoms. The van der Waals surface area contributed by atoms with Crippen LogP contribution < -0.4 is 10.9 Å². The highest BCUT2D eigenvalue weighted by Crippen LogP contribution is 1.91. The molecule has 7 heavy (non-hydrogen) atoms. The number of hydrogen-bond donors (Lipinski definition) is 3. The van der Waals surface area contributed by atoms with E-state index in [1.165, 1.54) is 0 Å². The molecule has 3 heteroatoms. The maximum atomic E-state index is 8.46. The third-order valence-corrected chi connectivity index (χ3v) is 1.14. The van der Waals surface area contributed by atoms with Crippen LogP contribution in [0, 0.1) is 0 Å². The molecule has 1 fully saturated rings. The van der Waals surface area contributed by atoms with Gasteiger partial charge < -0.3 is 5.11 Å². The zero-order valence-electron chi connectivity index (χ0n) is 4.15. The average molecular weight is 102 g/mol. The van der Waals surface area contributed by atoms with E-state index in [1.54, 1.807) is 0 Å². The molecule has 1 aliphatic rings. The number of aliphatic hydroxyl groups is 1. The van der Waals surface area contributed by atoms with Crippen LogP contribution in [0.25, 0.3) is 0 Å². The Balaban J connectivity index is 2.14. The van der Waals surface area contributed by atoms with E-state index >= 15 is 0 Å². The smallest absolute Gasteiger partial charge is 0.0598 e. The molecular weight excluding hydrogens is 92.1 g/mol. The molecule has 0 aromatic rings. The van der Waals surface area contributed by atoms with Crippen molar-refractivity contribution in [3.63, 3.8) is 0 Å². The van der Waals surface area contributed by atoms with Gasteiger partial charge in [-0.2, -0.15) is 0 Å². The van der Waals surface area contributed by atoms with Crippen LogP contribution in [0.2, 0.25) is 0 Å². The molecule has 0 amide bonds. The molecule has 1 rings (SSSR count). The number of nitrogens with one attached hydrogen (secondary N) is 2. The van der Waals surface area contributed by atoms with Gasteiger partial charge >= 0.3 is 0 Å². The Labute approximate surface area is 42.7 Å². The number of rotatable bonds is 1. The predicted molar refractivity (Wildman–Crippen MR) is 26.6 cm³/mol. The van der Waals surface area contributed by atoms with E-state index in [4.69, 9.17) is 5.11 Å². The summed E-state index contributed by atoms with van der Waals surface area (Å²) in [6, 6.07) is 0.292. The van der Waals surface area contributed by atoms with Crippen molar-refractivity contribution in [2.75, 3.05) is 13.2 Å². The second kappa shape index (κ2) is 2.26. The third-order valence-electron chi connectivity index (χ3n) is 1.14. The van der Waals surface area contributed by atoms with Gasteiger partial charge in [0, 0.05) is 12.6 Å². The van der Waals surface area contributed by atoms with Gasteiger partial charge in [0.2, 0.25) is 0 Å². The van der Waals surface area contributed by atoms with Gasteiger partial charge in [0.15, 0.2) is 0 Å². The Morgan fingerprint density at radius 3 is 2.86 bits per heavy atom. The van der Waals surface area contributed by atoms with Gasteiger partial charge in [-0.15, -0.1) is 0 Å². The lowest BCUT2D eigenvalue weighted by molar-refractivity contribution is 0.251. The first kappa shape index (κ1) is 5.03. The van der Waals surface area contributed by atoms with Crippen LogP contribution >= 0.6 is 0 Å². The van der Waals surface area contributed by atoms with Crippen LogP contribution in [0.4, 0.5) is 0 Å². The molecule has 0 aromatic heterocycles. The Bertz CT molecular complexity index is 51.7. The minimum Gasteiger partial charge on any atom is -0.395 e. The van der Waals surface area contributed by atoms with Crippen LogP contribution in [0.15, 0.2) is 0 Å². The summed E-state index contributed by atoms with van der Waals surface area (Å²) < 4.78 is 0. The summed E-state index contributed by atoms with van der Waals surface area (Å²) in [5.74, 6) is 0. The van der Waals surface area contributed by atoms with Crippen LogP contribution in [0.5, 0.6) is 0 Å². The summed E-state index contributed by atoms with van der Waals surface area (Å²) in [7, 11) is 0. The van der Waals surface area contributed by atoms with Crippen molar-refractivity contribution in [1.29, 1.82) is 0 Å². The van der Waals surface area contributed by atoms with Gasteiger partial charge in [-0.3, -0.25) is 10.9 Å². The monoisotopic (exact) mass is 102 g/mol. The van der Waals surface area contributed by atoms with Gasteiger partial charge in [0.25, 0.3) is 0 Å². The maximum Gasteiger partial charge on any atom is 0.0598 e. The van der Waals surface area contributed by atoms with Crippen LogP contribution in [0.3, 0.4) is 0 Å². The highest BCUT2D eigenvalue weighted by atomic mass is 16.3. The number of hydrazine groups is 1. The Morgan fingerprint density at radius 1 is 1.71 bits per heavy atom. The van der Waals surface area contributed by atoms with Crippen molar-refractivity contribution in [3.05, 3.63) is 0 Å². The lowest BCUT2D eigenvalue weighted by Crippen LogP contribution is -2.32. The molecule has 1 saturated heterocycles. The Kier molecular flexibility index (Phi) is 1.62. The molecule has 0 radical (unpaired) electrons. The fourth-order valence-corrected chi connectivity index (χ4v) is 0.672. The van der Waals surface area contributed by atoms with Crippen molar-refractivity contribution in [1.82, 2.24) is 10.9 Å². The van der Waals surface area contributed by atoms with E-state index in [0.29, 0.717) is 6.04 Å². The second-order valence-electron chi connectivity index (χ2n) is 1.74. The summed E-state index contributed by atoms with van der Waals surface area (Å²) in [6.45, 7) is 1.22. The zero-order chi connectivity index (χ0) is 5.11. The van der Waals surface area contributed by atoms with E-state index < -0.39 is 0 Å². The summed E-state index contributed by atoms with van der Waals surface area (Å²) in [5.41, 5.74) is 5.82. The van der Waals surface area contributed by atoms with Crippen molar-refractivity contribution in [2.24, 2.45) is 0 Å². The summed E-state index contributed by atoms with van der Waals surface area (Å²) >= 11 is 0. The zero-order valence-corrected chi connectivity index (χ0v) is 4.15. The number of aliphatic hydroxyl groups excluding tert-OH is 1. The molecule has 0 aliphatic carbocycles. The SMILES string of the molecule is OC[C@@H]1CCNN1. The summed E-state index contributed by atoms with van der Waals surface area (Å²) in [6.07, 6.45) is 1.04. The molecule has 1 aliphatic heterocycles. The van der Waals surface area contributed by atoms with Crippen LogP contribution in [-0.4, -0.2) is 24.3 Å². The number of hydrogen-bond acceptors (Lipinski definition) is 3. The third kappa shape index (κ3) is 1.12.